The highest BCUT2D eigenvalue weighted by molar-refractivity contribution is 6.30. The van der Waals surface area contributed by atoms with Crippen molar-refractivity contribution in [2.75, 3.05) is 0 Å². The number of fused-ring (bicyclic) bond motifs is 1. The minimum atomic E-state index is 0.0217. The number of hydrogen-bond acceptors (Lipinski definition) is 2. The SMILES string of the molecule is CCCC1CC(=O)c2ccc(Cl)cc2O1. The van der Waals surface area contributed by atoms with Gasteiger partial charge in [0, 0.05) is 11.4 Å². The Bertz CT molecular complexity index is 387. The van der Waals surface area contributed by atoms with Gasteiger partial charge < -0.3 is 4.74 Å². The first kappa shape index (κ1) is 10.5. The quantitative estimate of drug-likeness (QED) is 0.769. The molecular weight excluding hydrogens is 212 g/mol. The van der Waals surface area contributed by atoms with E-state index in [4.69, 9.17) is 16.3 Å². The Morgan fingerprint density at radius 3 is 3.07 bits per heavy atom. The fourth-order valence-corrected chi connectivity index (χ4v) is 2.01. The highest BCUT2D eigenvalue weighted by atomic mass is 35.5. The predicted molar refractivity (Wildman–Crippen MR) is 59.7 cm³/mol. The fourth-order valence-electron chi connectivity index (χ4n) is 1.84. The average molecular weight is 225 g/mol. The normalized spacial score (nSPS) is 19.6. The third-order valence-electron chi connectivity index (χ3n) is 2.56. The number of ketones is 1. The Hall–Kier alpha value is -1.02. The van der Waals surface area contributed by atoms with Gasteiger partial charge in [0.25, 0.3) is 0 Å². The lowest BCUT2D eigenvalue weighted by Gasteiger charge is -2.24. The van der Waals surface area contributed by atoms with Crippen molar-refractivity contribution < 1.29 is 9.53 Å². The zero-order chi connectivity index (χ0) is 10.8. The van der Waals surface area contributed by atoms with Gasteiger partial charge in [-0.2, -0.15) is 0 Å². The van der Waals surface area contributed by atoms with Crippen LogP contribution in [0.15, 0.2) is 18.2 Å². The lowest BCUT2D eigenvalue weighted by molar-refractivity contribution is 0.0838. The number of benzene rings is 1. The maximum atomic E-state index is 11.8. The molecule has 0 saturated heterocycles. The lowest BCUT2D eigenvalue weighted by Crippen LogP contribution is -2.26. The summed E-state index contributed by atoms with van der Waals surface area (Å²) in [6, 6.07) is 5.18. The second-order valence-electron chi connectivity index (χ2n) is 3.80. The van der Waals surface area contributed by atoms with Gasteiger partial charge in [-0.25, -0.2) is 0 Å². The molecule has 0 spiro atoms. The molecule has 0 fully saturated rings. The van der Waals surface area contributed by atoms with Crippen molar-refractivity contribution in [3.8, 4) is 5.75 Å². The predicted octanol–water partition coefficient (Wildman–Crippen LogP) is 3.47. The van der Waals surface area contributed by atoms with Crippen LogP contribution in [0.2, 0.25) is 5.02 Å². The van der Waals surface area contributed by atoms with Crippen LogP contribution in [0.5, 0.6) is 5.75 Å². The second kappa shape index (κ2) is 4.23. The van der Waals surface area contributed by atoms with E-state index in [1.165, 1.54) is 0 Å². The van der Waals surface area contributed by atoms with Crippen LogP contribution in [-0.2, 0) is 0 Å². The van der Waals surface area contributed by atoms with Crippen LogP contribution in [0.25, 0.3) is 0 Å². The van der Waals surface area contributed by atoms with Gasteiger partial charge in [-0.1, -0.05) is 24.9 Å². The van der Waals surface area contributed by atoms with E-state index in [1.807, 2.05) is 0 Å². The standard InChI is InChI=1S/C12H13ClO2/c1-2-3-9-7-11(14)10-5-4-8(13)6-12(10)15-9/h4-6,9H,2-3,7H2,1H3. The molecular formula is C12H13ClO2. The molecule has 0 aromatic heterocycles. The van der Waals surface area contributed by atoms with Crippen LogP contribution >= 0.6 is 11.6 Å². The number of carbonyl (C=O) groups is 1. The summed E-state index contributed by atoms with van der Waals surface area (Å²) in [6.45, 7) is 2.08. The highest BCUT2D eigenvalue weighted by Crippen LogP contribution is 2.31. The third-order valence-corrected chi connectivity index (χ3v) is 2.80. The molecule has 0 N–H and O–H groups in total. The molecule has 1 aromatic rings. The van der Waals surface area contributed by atoms with E-state index in [0.717, 1.165) is 12.8 Å². The Morgan fingerprint density at radius 2 is 2.33 bits per heavy atom. The summed E-state index contributed by atoms with van der Waals surface area (Å²) >= 11 is 5.86. The minimum absolute atomic E-state index is 0.0217. The smallest absolute Gasteiger partial charge is 0.170 e. The summed E-state index contributed by atoms with van der Waals surface area (Å²) < 4.78 is 5.72. The van der Waals surface area contributed by atoms with Gasteiger partial charge in [-0.05, 0) is 24.6 Å². The first-order valence-electron chi connectivity index (χ1n) is 5.20. The Balaban J connectivity index is 2.29. The number of carbonyl (C=O) groups excluding carboxylic acids is 1. The van der Waals surface area contributed by atoms with Crippen LogP contribution in [0, 0.1) is 0 Å². The number of Topliss-reactive ketones (excluding diaryl/α,β-unsaturated/α-hetero) is 1. The number of ether oxygens (including phenoxy) is 1. The van der Waals surface area contributed by atoms with E-state index in [0.29, 0.717) is 22.8 Å². The van der Waals surface area contributed by atoms with Crippen LogP contribution < -0.4 is 4.74 Å². The number of hydrogen-bond donors (Lipinski definition) is 0. The van der Waals surface area contributed by atoms with Crippen LogP contribution in [0.1, 0.15) is 36.5 Å². The van der Waals surface area contributed by atoms with E-state index < -0.39 is 0 Å². The zero-order valence-corrected chi connectivity index (χ0v) is 9.38. The maximum Gasteiger partial charge on any atom is 0.170 e. The van der Waals surface area contributed by atoms with Gasteiger partial charge in [-0.3, -0.25) is 4.79 Å². The first-order chi connectivity index (χ1) is 7.20. The van der Waals surface area contributed by atoms with Crippen molar-refractivity contribution in [2.45, 2.75) is 32.3 Å². The summed E-state index contributed by atoms with van der Waals surface area (Å²) in [7, 11) is 0. The molecule has 1 atom stereocenters. The van der Waals surface area contributed by atoms with Crippen LogP contribution in [-0.4, -0.2) is 11.9 Å². The lowest BCUT2D eigenvalue weighted by atomic mass is 9.98. The van der Waals surface area contributed by atoms with E-state index in [2.05, 4.69) is 6.92 Å². The van der Waals surface area contributed by atoms with Gasteiger partial charge >= 0.3 is 0 Å². The first-order valence-corrected chi connectivity index (χ1v) is 5.58. The Morgan fingerprint density at radius 1 is 1.53 bits per heavy atom. The molecule has 1 aliphatic heterocycles. The molecule has 1 heterocycles. The van der Waals surface area contributed by atoms with Gasteiger partial charge in [0.2, 0.25) is 0 Å². The Kier molecular flexibility index (Phi) is 2.96. The molecule has 0 amide bonds. The van der Waals surface area contributed by atoms with Gasteiger partial charge in [0.15, 0.2) is 5.78 Å². The molecule has 80 valence electrons. The van der Waals surface area contributed by atoms with Crippen molar-refractivity contribution in [3.05, 3.63) is 28.8 Å². The molecule has 1 aromatic carbocycles. The molecule has 0 bridgehead atoms. The summed E-state index contributed by atoms with van der Waals surface area (Å²) in [5.74, 6) is 0.795. The van der Waals surface area contributed by atoms with E-state index in [-0.39, 0.29) is 11.9 Å². The zero-order valence-electron chi connectivity index (χ0n) is 8.63. The number of rotatable bonds is 2. The molecule has 2 rings (SSSR count). The van der Waals surface area contributed by atoms with Gasteiger partial charge in [0.05, 0.1) is 5.56 Å². The average Bonchev–Trinajstić information content (AvgIpc) is 2.17. The molecule has 0 radical (unpaired) electrons. The largest absolute Gasteiger partial charge is 0.489 e. The topological polar surface area (TPSA) is 26.3 Å². The van der Waals surface area contributed by atoms with Crippen LogP contribution in [0.4, 0.5) is 0 Å². The molecule has 1 unspecified atom stereocenters. The fraction of sp³-hybridized carbons (Fsp3) is 0.417. The molecule has 1 aliphatic rings. The van der Waals surface area contributed by atoms with Crippen molar-refractivity contribution in [1.29, 1.82) is 0 Å². The van der Waals surface area contributed by atoms with Crippen molar-refractivity contribution >= 4 is 17.4 Å². The summed E-state index contributed by atoms with van der Waals surface area (Å²) in [4.78, 5) is 11.8. The van der Waals surface area contributed by atoms with E-state index in [9.17, 15) is 4.79 Å². The molecule has 2 nitrogen and oxygen atoms in total. The van der Waals surface area contributed by atoms with Gasteiger partial charge in [0.1, 0.15) is 11.9 Å². The van der Waals surface area contributed by atoms with E-state index in [1.54, 1.807) is 18.2 Å². The number of halogens is 1. The minimum Gasteiger partial charge on any atom is -0.489 e. The second-order valence-corrected chi connectivity index (χ2v) is 4.23. The summed E-state index contributed by atoms with van der Waals surface area (Å²) in [5.41, 5.74) is 0.659. The van der Waals surface area contributed by atoms with E-state index >= 15 is 0 Å². The summed E-state index contributed by atoms with van der Waals surface area (Å²) in [6.07, 6.45) is 2.45. The third kappa shape index (κ3) is 2.15. The van der Waals surface area contributed by atoms with Gasteiger partial charge in [-0.15, -0.1) is 0 Å². The van der Waals surface area contributed by atoms with Crippen molar-refractivity contribution in [2.24, 2.45) is 0 Å². The van der Waals surface area contributed by atoms with Crippen LogP contribution in [0.3, 0.4) is 0 Å². The molecule has 3 heteroatoms. The molecule has 15 heavy (non-hydrogen) atoms. The monoisotopic (exact) mass is 224 g/mol. The maximum absolute atomic E-state index is 11.8. The molecule has 0 aliphatic carbocycles. The van der Waals surface area contributed by atoms with Crippen molar-refractivity contribution in [1.82, 2.24) is 0 Å². The van der Waals surface area contributed by atoms with Crippen molar-refractivity contribution in [3.63, 3.8) is 0 Å². The summed E-state index contributed by atoms with van der Waals surface area (Å²) in [5, 5.41) is 0.610. The molecule has 0 saturated carbocycles. The Labute approximate surface area is 94.2 Å². The highest BCUT2D eigenvalue weighted by Gasteiger charge is 2.25.